The molecule has 0 saturated heterocycles. The van der Waals surface area contributed by atoms with Crippen LogP contribution in [0.4, 0.5) is 10.5 Å². The first-order chi connectivity index (χ1) is 8.19. The summed E-state index contributed by atoms with van der Waals surface area (Å²) in [6, 6.07) is 6.73. The lowest BCUT2D eigenvalue weighted by atomic mass is 10.3. The van der Waals surface area contributed by atoms with Crippen LogP contribution in [0, 0.1) is 0 Å². The molecule has 0 unspecified atom stereocenters. The summed E-state index contributed by atoms with van der Waals surface area (Å²) < 4.78 is 5.07. The number of nitrogens with one attached hydrogen (secondary N) is 1. The van der Waals surface area contributed by atoms with Crippen LogP contribution in [0.5, 0.6) is 5.75 Å². The van der Waals surface area contributed by atoms with Gasteiger partial charge in [0.15, 0.2) is 0 Å². The van der Waals surface area contributed by atoms with Crippen LogP contribution in [-0.2, 0) is 0 Å². The Bertz CT molecular complexity index is 369. The van der Waals surface area contributed by atoms with Gasteiger partial charge in [-0.15, -0.1) is 0 Å². The smallest absolute Gasteiger partial charge is 0.336 e. The van der Waals surface area contributed by atoms with E-state index < -0.39 is 0 Å². The topological polar surface area (TPSA) is 67.6 Å². The normalized spacial score (nSPS) is 9.82. The molecule has 0 radical (unpaired) electrons. The predicted molar refractivity (Wildman–Crippen MR) is 68.0 cm³/mol. The van der Waals surface area contributed by atoms with Crippen LogP contribution in [0.3, 0.4) is 0 Å². The highest BCUT2D eigenvalue weighted by atomic mass is 16.5. The molecule has 0 bridgehead atoms. The molecule has 1 aromatic carbocycles. The van der Waals surface area contributed by atoms with Gasteiger partial charge in [-0.05, 0) is 18.6 Å². The van der Waals surface area contributed by atoms with Gasteiger partial charge in [0.2, 0.25) is 0 Å². The number of urea groups is 1. The summed E-state index contributed by atoms with van der Waals surface area (Å²) >= 11 is 0. The summed E-state index contributed by atoms with van der Waals surface area (Å²) in [6.07, 6.45) is 1.97. The Morgan fingerprint density at radius 2 is 2.29 bits per heavy atom. The summed E-state index contributed by atoms with van der Waals surface area (Å²) in [5, 5.41) is 3.82. The standard InChI is InChI=1S/C12H19N3O2/c1-3-4-8-14-12(16)15(13)10-6-5-7-11(9-10)17-2/h5-7,9H,3-4,8,13H2,1-2H3,(H,14,16). The summed E-state index contributed by atoms with van der Waals surface area (Å²) in [7, 11) is 1.57. The van der Waals surface area contributed by atoms with Gasteiger partial charge in [0.05, 0.1) is 12.8 Å². The second kappa shape index (κ2) is 6.75. The number of unbranched alkanes of at least 4 members (excludes halogenated alkanes) is 1. The first-order valence-corrected chi connectivity index (χ1v) is 5.65. The SMILES string of the molecule is CCCCNC(=O)N(N)c1cccc(OC)c1. The Morgan fingerprint density at radius 3 is 2.94 bits per heavy atom. The first kappa shape index (κ1) is 13.3. The first-order valence-electron chi connectivity index (χ1n) is 5.65. The van der Waals surface area contributed by atoms with E-state index in [1.807, 2.05) is 0 Å². The zero-order valence-corrected chi connectivity index (χ0v) is 10.3. The van der Waals surface area contributed by atoms with Gasteiger partial charge in [0.1, 0.15) is 5.75 Å². The van der Waals surface area contributed by atoms with Crippen molar-refractivity contribution in [3.63, 3.8) is 0 Å². The fourth-order valence-electron chi connectivity index (χ4n) is 1.33. The van der Waals surface area contributed by atoms with Gasteiger partial charge in [-0.25, -0.2) is 15.6 Å². The third-order valence-corrected chi connectivity index (χ3v) is 2.36. The Hall–Kier alpha value is -1.75. The largest absolute Gasteiger partial charge is 0.497 e. The number of carbonyl (C=O) groups is 1. The number of anilines is 1. The molecule has 0 spiro atoms. The van der Waals surface area contributed by atoms with E-state index in [0.29, 0.717) is 18.0 Å². The lowest BCUT2D eigenvalue weighted by molar-refractivity contribution is 0.246. The van der Waals surface area contributed by atoms with E-state index in [-0.39, 0.29) is 6.03 Å². The maximum Gasteiger partial charge on any atom is 0.336 e. The van der Waals surface area contributed by atoms with E-state index in [1.54, 1.807) is 31.4 Å². The minimum Gasteiger partial charge on any atom is -0.497 e. The minimum atomic E-state index is -0.313. The van der Waals surface area contributed by atoms with Crippen molar-refractivity contribution in [3.8, 4) is 5.75 Å². The summed E-state index contributed by atoms with van der Waals surface area (Å²) in [6.45, 7) is 2.70. The molecule has 5 nitrogen and oxygen atoms in total. The second-order valence-electron chi connectivity index (χ2n) is 3.66. The maximum atomic E-state index is 11.7. The van der Waals surface area contributed by atoms with Crippen molar-refractivity contribution in [2.45, 2.75) is 19.8 Å². The molecule has 2 amide bonds. The summed E-state index contributed by atoms with van der Waals surface area (Å²) in [4.78, 5) is 11.7. The fourth-order valence-corrected chi connectivity index (χ4v) is 1.33. The Balaban J connectivity index is 2.61. The van der Waals surface area contributed by atoms with Crippen molar-refractivity contribution in [3.05, 3.63) is 24.3 Å². The third-order valence-electron chi connectivity index (χ3n) is 2.36. The highest BCUT2D eigenvalue weighted by molar-refractivity contribution is 5.90. The van der Waals surface area contributed by atoms with Gasteiger partial charge >= 0.3 is 6.03 Å². The van der Waals surface area contributed by atoms with E-state index in [0.717, 1.165) is 17.9 Å². The van der Waals surface area contributed by atoms with Gasteiger partial charge in [-0.3, -0.25) is 0 Å². The van der Waals surface area contributed by atoms with E-state index in [4.69, 9.17) is 10.6 Å². The van der Waals surface area contributed by atoms with Crippen LogP contribution in [0.1, 0.15) is 19.8 Å². The second-order valence-corrected chi connectivity index (χ2v) is 3.66. The van der Waals surface area contributed by atoms with Crippen LogP contribution < -0.4 is 20.9 Å². The van der Waals surface area contributed by atoms with E-state index in [1.165, 1.54) is 0 Å². The Morgan fingerprint density at radius 1 is 1.53 bits per heavy atom. The van der Waals surface area contributed by atoms with Gasteiger partial charge in [-0.2, -0.15) is 0 Å². The lowest BCUT2D eigenvalue weighted by Gasteiger charge is -2.17. The predicted octanol–water partition coefficient (Wildman–Crippen LogP) is 1.88. The number of benzene rings is 1. The molecular weight excluding hydrogens is 218 g/mol. The van der Waals surface area contributed by atoms with Gasteiger partial charge in [0.25, 0.3) is 0 Å². The number of nitrogens with two attached hydrogens (primary N) is 1. The molecule has 17 heavy (non-hydrogen) atoms. The number of nitrogens with zero attached hydrogens (tertiary/aromatic N) is 1. The number of carbonyl (C=O) groups excluding carboxylic acids is 1. The molecule has 5 heteroatoms. The van der Waals surface area contributed by atoms with E-state index in [2.05, 4.69) is 12.2 Å². The molecule has 94 valence electrons. The number of hydrazine groups is 1. The van der Waals surface area contributed by atoms with Crippen molar-refractivity contribution >= 4 is 11.7 Å². The number of methoxy groups -OCH3 is 1. The minimum absolute atomic E-state index is 0.313. The molecule has 0 atom stereocenters. The van der Waals surface area contributed by atoms with Crippen molar-refractivity contribution in [1.29, 1.82) is 0 Å². The number of ether oxygens (including phenoxy) is 1. The van der Waals surface area contributed by atoms with Crippen LogP contribution in [-0.4, -0.2) is 19.7 Å². The molecule has 0 heterocycles. The molecule has 0 fully saturated rings. The molecule has 0 aliphatic heterocycles. The van der Waals surface area contributed by atoms with Gasteiger partial charge in [0, 0.05) is 12.6 Å². The fraction of sp³-hybridized carbons (Fsp3) is 0.417. The van der Waals surface area contributed by atoms with Crippen LogP contribution in [0.2, 0.25) is 0 Å². The third kappa shape index (κ3) is 3.96. The van der Waals surface area contributed by atoms with Crippen LogP contribution >= 0.6 is 0 Å². The monoisotopic (exact) mass is 237 g/mol. The van der Waals surface area contributed by atoms with Gasteiger partial charge < -0.3 is 10.1 Å². The highest BCUT2D eigenvalue weighted by Gasteiger charge is 2.11. The zero-order valence-electron chi connectivity index (χ0n) is 10.3. The van der Waals surface area contributed by atoms with Gasteiger partial charge in [-0.1, -0.05) is 19.4 Å². The van der Waals surface area contributed by atoms with E-state index >= 15 is 0 Å². The zero-order chi connectivity index (χ0) is 12.7. The highest BCUT2D eigenvalue weighted by Crippen LogP contribution is 2.18. The molecule has 1 aromatic rings. The molecule has 0 saturated carbocycles. The number of hydrogen-bond donors (Lipinski definition) is 2. The van der Waals surface area contributed by atoms with Crippen molar-refractivity contribution in [1.82, 2.24) is 5.32 Å². The molecule has 0 aliphatic rings. The Kier molecular flexibility index (Phi) is 5.29. The average molecular weight is 237 g/mol. The van der Waals surface area contributed by atoms with E-state index in [9.17, 15) is 4.79 Å². The quantitative estimate of drug-likeness (QED) is 0.355. The molecule has 1 rings (SSSR count). The van der Waals surface area contributed by atoms with Crippen molar-refractivity contribution in [2.75, 3.05) is 18.7 Å². The lowest BCUT2D eigenvalue weighted by Crippen LogP contribution is -2.45. The van der Waals surface area contributed by atoms with Crippen molar-refractivity contribution in [2.24, 2.45) is 5.84 Å². The van der Waals surface area contributed by atoms with Crippen LogP contribution in [0.15, 0.2) is 24.3 Å². The molecule has 0 aromatic heterocycles. The Labute approximate surface area is 102 Å². The van der Waals surface area contributed by atoms with Crippen molar-refractivity contribution < 1.29 is 9.53 Å². The summed E-state index contributed by atoms with van der Waals surface area (Å²) in [5.41, 5.74) is 0.596. The average Bonchev–Trinajstić information content (AvgIpc) is 2.38. The summed E-state index contributed by atoms with van der Waals surface area (Å²) in [5.74, 6) is 6.38. The molecular formula is C12H19N3O2. The number of amides is 2. The molecule has 3 N–H and O–H groups in total. The maximum absolute atomic E-state index is 11.7. The number of rotatable bonds is 5. The number of hydrogen-bond acceptors (Lipinski definition) is 3. The van der Waals surface area contributed by atoms with Crippen LogP contribution in [0.25, 0.3) is 0 Å². The molecule has 0 aliphatic carbocycles.